The van der Waals surface area contributed by atoms with Crippen molar-refractivity contribution in [1.29, 1.82) is 0 Å². The van der Waals surface area contributed by atoms with Crippen LogP contribution in [0.3, 0.4) is 0 Å². The summed E-state index contributed by atoms with van der Waals surface area (Å²) in [5.74, 6) is -0.800. The van der Waals surface area contributed by atoms with Gasteiger partial charge in [-0.2, -0.15) is 5.10 Å². The molecule has 1 aromatic carbocycles. The van der Waals surface area contributed by atoms with Crippen LogP contribution in [0, 0.1) is 11.7 Å². The summed E-state index contributed by atoms with van der Waals surface area (Å²) in [6, 6.07) is 12.0. The maximum Gasteiger partial charge on any atom is 0.226 e. The van der Waals surface area contributed by atoms with Gasteiger partial charge in [-0.3, -0.25) is 24.8 Å². The molecule has 218 valence electrons. The van der Waals surface area contributed by atoms with Crippen molar-refractivity contribution in [3.63, 3.8) is 0 Å². The molecule has 5 aromatic heterocycles. The molecule has 0 saturated carbocycles. The Morgan fingerprint density at radius 3 is 2.56 bits per heavy atom. The second-order valence-electron chi connectivity index (χ2n) is 10.8. The number of H-pyrrole nitrogens is 2. The Bertz CT molecular complexity index is 2120. The van der Waals surface area contributed by atoms with Gasteiger partial charge in [0, 0.05) is 52.0 Å². The lowest BCUT2D eigenvalue weighted by atomic mass is 10.0. The molecule has 43 heavy (non-hydrogen) atoms. The lowest BCUT2D eigenvalue weighted by Gasteiger charge is -2.08. The number of anilines is 1. The number of aromatic nitrogens is 6. The van der Waals surface area contributed by atoms with E-state index in [0.29, 0.717) is 33.9 Å². The van der Waals surface area contributed by atoms with Crippen molar-refractivity contribution in [1.82, 2.24) is 30.1 Å². The van der Waals surface area contributed by atoms with E-state index in [2.05, 4.69) is 35.5 Å². The second-order valence-corrected chi connectivity index (χ2v) is 13.1. The fourth-order valence-corrected chi connectivity index (χ4v) is 5.47. The van der Waals surface area contributed by atoms with Crippen LogP contribution in [0.2, 0.25) is 0 Å². The molecule has 10 nitrogen and oxygen atoms in total. The van der Waals surface area contributed by atoms with Crippen LogP contribution in [-0.4, -0.2) is 56.5 Å². The smallest absolute Gasteiger partial charge is 0.226 e. The van der Waals surface area contributed by atoms with Crippen molar-refractivity contribution in [2.24, 2.45) is 5.92 Å². The molecule has 6 rings (SSSR count). The number of rotatable bonds is 8. The predicted octanol–water partition coefficient (Wildman–Crippen LogP) is 5.55. The summed E-state index contributed by atoms with van der Waals surface area (Å²) < 4.78 is 37.9. The van der Waals surface area contributed by atoms with Gasteiger partial charge in [-0.1, -0.05) is 13.8 Å². The number of aromatic amines is 2. The first-order valence-electron chi connectivity index (χ1n) is 13.6. The van der Waals surface area contributed by atoms with E-state index in [-0.39, 0.29) is 24.0 Å². The molecule has 1 amide bonds. The van der Waals surface area contributed by atoms with E-state index >= 15 is 0 Å². The number of amides is 1. The van der Waals surface area contributed by atoms with Crippen LogP contribution in [0.15, 0.2) is 67.3 Å². The standard InChI is InChI=1S/C31H28FN7O3S/c1-17(2)31(40)36-22-11-20(14-33-15-22)26-12-24-28(16-35-26)38-39-30(24)27-13-23-25(37-27)4-6-34-29(23)19-8-18(9-21(32)10-19)5-7-43(3,41)42/h4,6,8-17,37H,5,7H2,1-3H3,(H,36,40)(H,38,39). The zero-order valence-electron chi connectivity index (χ0n) is 23.6. The van der Waals surface area contributed by atoms with E-state index in [9.17, 15) is 17.6 Å². The minimum Gasteiger partial charge on any atom is -0.353 e. The highest BCUT2D eigenvalue weighted by molar-refractivity contribution is 7.90. The number of carbonyl (C=O) groups excluding carboxylic acids is 1. The van der Waals surface area contributed by atoms with E-state index < -0.39 is 15.7 Å². The van der Waals surface area contributed by atoms with Gasteiger partial charge in [0.15, 0.2) is 0 Å². The molecule has 0 aliphatic carbocycles. The monoisotopic (exact) mass is 597 g/mol. The molecule has 0 spiro atoms. The summed E-state index contributed by atoms with van der Waals surface area (Å²) in [5.41, 5.74) is 6.55. The van der Waals surface area contributed by atoms with Crippen molar-refractivity contribution in [2.75, 3.05) is 17.3 Å². The van der Waals surface area contributed by atoms with Crippen molar-refractivity contribution in [2.45, 2.75) is 20.3 Å². The fraction of sp³-hybridized carbons (Fsp3) is 0.194. The Balaban J connectivity index is 1.38. The van der Waals surface area contributed by atoms with Gasteiger partial charge in [-0.15, -0.1) is 0 Å². The Labute approximate surface area is 246 Å². The van der Waals surface area contributed by atoms with Gasteiger partial charge in [0.25, 0.3) is 0 Å². The number of pyridine rings is 3. The molecule has 0 atom stereocenters. The normalized spacial score (nSPS) is 11.9. The highest BCUT2D eigenvalue weighted by Gasteiger charge is 2.17. The first kappa shape index (κ1) is 28.2. The van der Waals surface area contributed by atoms with Crippen LogP contribution in [-0.2, 0) is 21.1 Å². The van der Waals surface area contributed by atoms with Gasteiger partial charge >= 0.3 is 0 Å². The molecule has 0 aliphatic heterocycles. The van der Waals surface area contributed by atoms with Crippen molar-refractivity contribution in [3.8, 4) is 33.9 Å². The first-order chi connectivity index (χ1) is 20.5. The first-order valence-corrected chi connectivity index (χ1v) is 15.7. The van der Waals surface area contributed by atoms with Gasteiger partial charge in [0.2, 0.25) is 5.91 Å². The molecule has 0 bridgehead atoms. The molecule has 0 fully saturated rings. The number of fused-ring (bicyclic) bond motifs is 2. The third kappa shape index (κ3) is 6.00. The fourth-order valence-electron chi connectivity index (χ4n) is 4.86. The zero-order chi connectivity index (χ0) is 30.3. The predicted molar refractivity (Wildman–Crippen MR) is 164 cm³/mol. The van der Waals surface area contributed by atoms with Crippen LogP contribution in [0.1, 0.15) is 19.4 Å². The van der Waals surface area contributed by atoms with Crippen LogP contribution >= 0.6 is 0 Å². The summed E-state index contributed by atoms with van der Waals surface area (Å²) in [7, 11) is -3.20. The van der Waals surface area contributed by atoms with E-state index in [1.165, 1.54) is 12.1 Å². The Kier molecular flexibility index (Phi) is 7.22. The zero-order valence-corrected chi connectivity index (χ0v) is 24.5. The molecule has 0 aliphatic rings. The summed E-state index contributed by atoms with van der Waals surface area (Å²) in [6.45, 7) is 3.64. The Morgan fingerprint density at radius 2 is 1.77 bits per heavy atom. The molecule has 0 radical (unpaired) electrons. The number of aryl methyl sites for hydroxylation is 1. The number of hydrogen-bond acceptors (Lipinski definition) is 7. The van der Waals surface area contributed by atoms with Crippen molar-refractivity contribution < 1.29 is 17.6 Å². The van der Waals surface area contributed by atoms with Gasteiger partial charge in [-0.05, 0) is 54.4 Å². The number of sulfone groups is 1. The van der Waals surface area contributed by atoms with E-state index in [4.69, 9.17) is 0 Å². The molecule has 5 heterocycles. The minimum absolute atomic E-state index is 0.0716. The topological polar surface area (TPSA) is 146 Å². The van der Waals surface area contributed by atoms with Crippen molar-refractivity contribution in [3.05, 3.63) is 78.6 Å². The lowest BCUT2D eigenvalue weighted by Crippen LogP contribution is -2.17. The second kappa shape index (κ2) is 11.0. The van der Waals surface area contributed by atoms with E-state index in [1.807, 2.05) is 38.1 Å². The number of nitrogens with zero attached hydrogens (tertiary/aromatic N) is 4. The lowest BCUT2D eigenvalue weighted by molar-refractivity contribution is -0.118. The SMILES string of the molecule is CC(C)C(=O)Nc1cncc(-c2cc3c(-c4cc5c(-c6cc(F)cc(CCS(C)(=O)=O)c6)nccc5[nH]4)n[nH]c3cn2)c1. The quantitative estimate of drug-likeness (QED) is 0.208. The molecule has 0 saturated heterocycles. The minimum atomic E-state index is -3.20. The molecule has 12 heteroatoms. The van der Waals surface area contributed by atoms with Crippen LogP contribution in [0.25, 0.3) is 55.7 Å². The van der Waals surface area contributed by atoms with E-state index in [1.54, 1.807) is 30.9 Å². The maximum atomic E-state index is 14.6. The van der Waals surface area contributed by atoms with Crippen LogP contribution in [0.5, 0.6) is 0 Å². The van der Waals surface area contributed by atoms with E-state index in [0.717, 1.165) is 39.3 Å². The number of benzene rings is 1. The van der Waals surface area contributed by atoms with Crippen molar-refractivity contribution >= 4 is 43.2 Å². The van der Waals surface area contributed by atoms with Gasteiger partial charge in [0.1, 0.15) is 21.3 Å². The molecule has 3 N–H and O–H groups in total. The Hall–Kier alpha value is -4.97. The maximum absolute atomic E-state index is 14.6. The highest BCUT2D eigenvalue weighted by Crippen LogP contribution is 2.34. The molecular weight excluding hydrogens is 569 g/mol. The number of hydrogen-bond donors (Lipinski definition) is 3. The summed E-state index contributed by atoms with van der Waals surface area (Å²) in [5, 5.41) is 12.0. The van der Waals surface area contributed by atoms with Gasteiger partial charge < -0.3 is 10.3 Å². The number of nitrogens with one attached hydrogen (secondary N) is 3. The molecular formula is C31H28FN7O3S. The molecule has 6 aromatic rings. The third-order valence-electron chi connectivity index (χ3n) is 7.07. The van der Waals surface area contributed by atoms with Gasteiger partial charge in [0.05, 0.1) is 46.4 Å². The average molecular weight is 598 g/mol. The summed E-state index contributed by atoms with van der Waals surface area (Å²) in [4.78, 5) is 29.0. The average Bonchev–Trinajstić information content (AvgIpc) is 3.59. The third-order valence-corrected chi connectivity index (χ3v) is 8.01. The summed E-state index contributed by atoms with van der Waals surface area (Å²) in [6.07, 6.45) is 7.98. The number of carbonyl (C=O) groups is 1. The highest BCUT2D eigenvalue weighted by atomic mass is 32.2. The Morgan fingerprint density at radius 1 is 0.953 bits per heavy atom. The van der Waals surface area contributed by atoms with Gasteiger partial charge in [-0.25, -0.2) is 12.8 Å². The number of halogens is 1. The summed E-state index contributed by atoms with van der Waals surface area (Å²) >= 11 is 0. The van der Waals surface area contributed by atoms with Crippen LogP contribution in [0.4, 0.5) is 10.1 Å². The largest absolute Gasteiger partial charge is 0.353 e. The van der Waals surface area contributed by atoms with Crippen LogP contribution < -0.4 is 5.32 Å². The molecule has 0 unspecified atom stereocenters.